The highest BCUT2D eigenvalue weighted by atomic mass is 79.9. The number of carbonyl (C=O) groups is 1. The number of hydrogen-bond donors (Lipinski definition) is 1. The van der Waals surface area contributed by atoms with E-state index in [-0.39, 0.29) is 11.6 Å². The molecule has 0 saturated heterocycles. The number of carbonyl (C=O) groups excluding carboxylic acids is 1. The van der Waals surface area contributed by atoms with Crippen LogP contribution in [-0.2, 0) is 9.53 Å². The summed E-state index contributed by atoms with van der Waals surface area (Å²) >= 11 is 3.43. The number of anilines is 1. The lowest BCUT2D eigenvalue weighted by molar-refractivity contribution is -0.112. The number of halogens is 1. The number of ether oxygens (including phenoxy) is 1. The average Bonchev–Trinajstić information content (AvgIpc) is 2.89. The van der Waals surface area contributed by atoms with Crippen molar-refractivity contribution in [2.24, 2.45) is 0 Å². The van der Waals surface area contributed by atoms with Gasteiger partial charge in [0.2, 0.25) is 0 Å². The molecule has 0 aliphatic rings. The zero-order valence-electron chi connectivity index (χ0n) is 16.3. The van der Waals surface area contributed by atoms with Gasteiger partial charge in [0.1, 0.15) is 11.6 Å². The van der Waals surface area contributed by atoms with Crippen molar-refractivity contribution in [2.45, 2.75) is 33.7 Å². The second-order valence-corrected chi connectivity index (χ2v) is 7.44. The maximum absolute atomic E-state index is 12.5. The molecule has 142 valence electrons. The van der Waals surface area contributed by atoms with Crippen LogP contribution >= 0.6 is 15.9 Å². The van der Waals surface area contributed by atoms with Crippen LogP contribution in [-0.4, -0.2) is 24.2 Å². The van der Waals surface area contributed by atoms with Gasteiger partial charge in [-0.2, -0.15) is 5.26 Å². The van der Waals surface area contributed by atoms with Gasteiger partial charge in [-0.3, -0.25) is 4.79 Å². The van der Waals surface area contributed by atoms with Crippen LogP contribution in [0, 0.1) is 32.1 Å². The van der Waals surface area contributed by atoms with E-state index in [4.69, 9.17) is 4.74 Å². The average molecular weight is 430 g/mol. The van der Waals surface area contributed by atoms with Crippen LogP contribution in [0.4, 0.5) is 5.69 Å². The Balaban J connectivity index is 2.30. The molecule has 0 aliphatic carbocycles. The Morgan fingerprint density at radius 1 is 1.37 bits per heavy atom. The number of nitrogens with one attached hydrogen (secondary N) is 1. The van der Waals surface area contributed by atoms with Crippen LogP contribution in [0.15, 0.2) is 34.3 Å². The lowest BCUT2D eigenvalue weighted by Crippen LogP contribution is -2.14. The second kappa shape index (κ2) is 9.03. The van der Waals surface area contributed by atoms with Crippen molar-refractivity contribution in [2.75, 3.05) is 19.0 Å². The van der Waals surface area contributed by atoms with E-state index in [9.17, 15) is 10.1 Å². The first kappa shape index (κ1) is 20.9. The standard InChI is InChI=1S/C21H24BrN3O2/c1-13-8-19(6-7-20(13)22)24-21(26)18(11-23)10-17-9-14(2)25(16(17)4)15(3)12-27-5/h6-10,15H,12H2,1-5H3,(H,24,26)/b18-10-. The molecule has 0 fully saturated rings. The third-order valence-electron chi connectivity index (χ3n) is 4.45. The Morgan fingerprint density at radius 2 is 2.07 bits per heavy atom. The molecular formula is C21H24BrN3O2. The highest BCUT2D eigenvalue weighted by Gasteiger charge is 2.16. The summed E-state index contributed by atoms with van der Waals surface area (Å²) in [4.78, 5) is 12.5. The van der Waals surface area contributed by atoms with Gasteiger partial charge in [0.15, 0.2) is 0 Å². The molecule has 1 aromatic heterocycles. The van der Waals surface area contributed by atoms with Crippen molar-refractivity contribution in [3.05, 3.63) is 56.8 Å². The summed E-state index contributed by atoms with van der Waals surface area (Å²) in [7, 11) is 1.67. The Hall–Kier alpha value is -2.36. The van der Waals surface area contributed by atoms with E-state index in [0.717, 1.165) is 27.0 Å². The van der Waals surface area contributed by atoms with Crippen molar-refractivity contribution in [3.63, 3.8) is 0 Å². The minimum Gasteiger partial charge on any atom is -0.383 e. The summed E-state index contributed by atoms with van der Waals surface area (Å²) in [5.41, 5.74) is 4.64. The van der Waals surface area contributed by atoms with E-state index >= 15 is 0 Å². The van der Waals surface area contributed by atoms with Crippen LogP contribution in [0.3, 0.4) is 0 Å². The summed E-state index contributed by atoms with van der Waals surface area (Å²) in [6, 6.07) is 9.68. The molecule has 0 aliphatic heterocycles. The van der Waals surface area contributed by atoms with Crippen molar-refractivity contribution >= 4 is 33.6 Å². The molecule has 1 heterocycles. The molecule has 27 heavy (non-hydrogen) atoms. The fourth-order valence-electron chi connectivity index (χ4n) is 3.17. The van der Waals surface area contributed by atoms with Gasteiger partial charge < -0.3 is 14.6 Å². The largest absolute Gasteiger partial charge is 0.383 e. The molecule has 1 N–H and O–H groups in total. The van der Waals surface area contributed by atoms with Crippen LogP contribution in [0.2, 0.25) is 0 Å². The van der Waals surface area contributed by atoms with Crippen molar-refractivity contribution in [1.29, 1.82) is 5.26 Å². The Labute approximate surface area is 168 Å². The first-order valence-corrected chi connectivity index (χ1v) is 9.44. The minimum atomic E-state index is -0.422. The topological polar surface area (TPSA) is 67.0 Å². The number of methoxy groups -OCH3 is 1. The molecule has 6 heteroatoms. The third kappa shape index (κ3) is 4.88. The van der Waals surface area contributed by atoms with Gasteiger partial charge in [0.05, 0.1) is 12.6 Å². The predicted octanol–water partition coefficient (Wildman–Crippen LogP) is 4.93. The van der Waals surface area contributed by atoms with Crippen LogP contribution in [0.5, 0.6) is 0 Å². The van der Waals surface area contributed by atoms with Crippen LogP contribution in [0.1, 0.15) is 35.5 Å². The van der Waals surface area contributed by atoms with E-state index in [2.05, 4.69) is 32.7 Å². The molecular weight excluding hydrogens is 406 g/mol. The second-order valence-electron chi connectivity index (χ2n) is 6.59. The first-order chi connectivity index (χ1) is 12.8. The zero-order valence-corrected chi connectivity index (χ0v) is 17.8. The van der Waals surface area contributed by atoms with Gasteiger partial charge in [0.25, 0.3) is 5.91 Å². The lowest BCUT2D eigenvalue weighted by atomic mass is 10.1. The number of hydrogen-bond acceptors (Lipinski definition) is 3. The summed E-state index contributed by atoms with van der Waals surface area (Å²) in [5, 5.41) is 12.3. The first-order valence-electron chi connectivity index (χ1n) is 8.65. The summed E-state index contributed by atoms with van der Waals surface area (Å²) in [6.07, 6.45) is 1.64. The molecule has 0 saturated carbocycles. The smallest absolute Gasteiger partial charge is 0.266 e. The number of nitrogens with zero attached hydrogens (tertiary/aromatic N) is 2. The molecule has 1 aromatic carbocycles. The quantitative estimate of drug-likeness (QED) is 0.522. The van der Waals surface area contributed by atoms with E-state index in [0.29, 0.717) is 12.3 Å². The molecule has 0 spiro atoms. The van der Waals surface area contributed by atoms with Crippen LogP contribution < -0.4 is 5.32 Å². The van der Waals surface area contributed by atoms with E-state index in [1.165, 1.54) is 0 Å². The highest BCUT2D eigenvalue weighted by Crippen LogP contribution is 2.24. The SMILES string of the molecule is COCC(C)n1c(C)cc(/C=C(/C#N)C(=O)Nc2ccc(Br)c(C)c2)c1C. The molecule has 5 nitrogen and oxygen atoms in total. The highest BCUT2D eigenvalue weighted by molar-refractivity contribution is 9.10. The number of benzene rings is 1. The van der Waals surface area contributed by atoms with Gasteiger partial charge in [-0.15, -0.1) is 0 Å². The minimum absolute atomic E-state index is 0.0650. The summed E-state index contributed by atoms with van der Waals surface area (Å²) < 4.78 is 8.37. The molecule has 1 atom stereocenters. The monoisotopic (exact) mass is 429 g/mol. The third-order valence-corrected chi connectivity index (χ3v) is 5.34. The molecule has 1 amide bonds. The molecule has 1 unspecified atom stereocenters. The van der Waals surface area contributed by atoms with Gasteiger partial charge in [0, 0.05) is 28.7 Å². The Kier molecular flexibility index (Phi) is 7.00. The summed E-state index contributed by atoms with van der Waals surface area (Å²) in [6.45, 7) is 8.60. The number of rotatable bonds is 6. The predicted molar refractivity (Wildman–Crippen MR) is 112 cm³/mol. The summed E-state index contributed by atoms with van der Waals surface area (Å²) in [5.74, 6) is -0.422. The van der Waals surface area contributed by atoms with Gasteiger partial charge in [-0.1, -0.05) is 15.9 Å². The number of aryl methyl sites for hydroxylation is 2. The van der Waals surface area contributed by atoms with Gasteiger partial charge in [-0.05, 0) is 69.2 Å². The van der Waals surface area contributed by atoms with Gasteiger partial charge >= 0.3 is 0 Å². The van der Waals surface area contributed by atoms with Crippen molar-refractivity contribution in [3.8, 4) is 6.07 Å². The Bertz CT molecular complexity index is 922. The van der Waals surface area contributed by atoms with E-state index < -0.39 is 5.91 Å². The maximum Gasteiger partial charge on any atom is 0.266 e. The fraction of sp³-hybridized carbons (Fsp3) is 0.333. The lowest BCUT2D eigenvalue weighted by Gasteiger charge is -2.17. The molecule has 2 aromatic rings. The Morgan fingerprint density at radius 3 is 2.67 bits per heavy atom. The maximum atomic E-state index is 12.5. The van der Waals surface area contributed by atoms with Crippen molar-refractivity contribution < 1.29 is 9.53 Å². The van der Waals surface area contributed by atoms with Crippen molar-refractivity contribution in [1.82, 2.24) is 4.57 Å². The van der Waals surface area contributed by atoms with E-state index in [1.54, 1.807) is 19.3 Å². The number of nitriles is 1. The zero-order chi connectivity index (χ0) is 20.1. The normalized spacial score (nSPS) is 12.6. The molecule has 0 bridgehead atoms. The molecule has 0 radical (unpaired) electrons. The molecule has 2 rings (SSSR count). The van der Waals surface area contributed by atoms with E-state index in [1.807, 2.05) is 45.0 Å². The fourth-order valence-corrected chi connectivity index (χ4v) is 3.41. The number of amides is 1. The number of aromatic nitrogens is 1. The van der Waals surface area contributed by atoms with Gasteiger partial charge in [-0.25, -0.2) is 0 Å². The van der Waals surface area contributed by atoms with Crippen LogP contribution in [0.25, 0.3) is 6.08 Å².